The number of para-hydroxylation sites is 1. The highest BCUT2D eigenvalue weighted by molar-refractivity contribution is 6.20. The Kier molecular flexibility index (Phi) is 2.83. The van der Waals surface area contributed by atoms with Crippen LogP contribution in [0.4, 0.5) is 6.01 Å². The Morgan fingerprint density at radius 3 is 3.00 bits per heavy atom. The number of benzene rings is 1. The SMILES string of the molecule is CC(Cl)c1nnc(NC2COc3ccccc32)o1. The lowest BCUT2D eigenvalue weighted by atomic mass is 10.1. The van der Waals surface area contributed by atoms with Crippen molar-refractivity contribution in [3.8, 4) is 5.75 Å². The van der Waals surface area contributed by atoms with Crippen molar-refractivity contribution in [2.24, 2.45) is 0 Å². The highest BCUT2D eigenvalue weighted by Crippen LogP contribution is 2.34. The molecule has 1 aliphatic heterocycles. The molecule has 0 spiro atoms. The summed E-state index contributed by atoms with van der Waals surface area (Å²) in [6.45, 7) is 2.33. The Morgan fingerprint density at radius 2 is 2.22 bits per heavy atom. The predicted molar refractivity (Wildman–Crippen MR) is 66.9 cm³/mol. The largest absolute Gasteiger partial charge is 0.491 e. The minimum Gasteiger partial charge on any atom is -0.491 e. The van der Waals surface area contributed by atoms with Gasteiger partial charge in [0.1, 0.15) is 17.7 Å². The van der Waals surface area contributed by atoms with Crippen molar-refractivity contribution in [1.29, 1.82) is 0 Å². The summed E-state index contributed by atoms with van der Waals surface area (Å²) < 4.78 is 11.0. The van der Waals surface area contributed by atoms with E-state index in [2.05, 4.69) is 15.5 Å². The van der Waals surface area contributed by atoms with Gasteiger partial charge in [0.15, 0.2) is 0 Å². The summed E-state index contributed by atoms with van der Waals surface area (Å²) in [5.74, 6) is 1.30. The molecule has 18 heavy (non-hydrogen) atoms. The molecule has 2 aromatic rings. The van der Waals surface area contributed by atoms with Gasteiger partial charge in [-0.3, -0.25) is 0 Å². The van der Waals surface area contributed by atoms with Crippen LogP contribution in [-0.2, 0) is 0 Å². The highest BCUT2D eigenvalue weighted by Gasteiger charge is 2.25. The summed E-state index contributed by atoms with van der Waals surface area (Å²) in [4.78, 5) is 0. The first-order chi connectivity index (χ1) is 8.74. The number of fused-ring (bicyclic) bond motifs is 1. The molecule has 94 valence electrons. The summed E-state index contributed by atoms with van der Waals surface area (Å²) in [7, 11) is 0. The van der Waals surface area contributed by atoms with Gasteiger partial charge in [-0.1, -0.05) is 23.3 Å². The second kappa shape index (κ2) is 4.49. The van der Waals surface area contributed by atoms with Crippen LogP contribution < -0.4 is 10.1 Å². The van der Waals surface area contributed by atoms with Crippen LogP contribution in [0.15, 0.2) is 28.7 Å². The normalized spacial score (nSPS) is 19.1. The van der Waals surface area contributed by atoms with Gasteiger partial charge in [-0.15, -0.1) is 16.7 Å². The van der Waals surface area contributed by atoms with Crippen molar-refractivity contribution >= 4 is 17.6 Å². The molecule has 0 radical (unpaired) electrons. The molecule has 1 aliphatic rings. The molecular weight excluding hydrogens is 254 g/mol. The van der Waals surface area contributed by atoms with E-state index in [1.165, 1.54) is 0 Å². The van der Waals surface area contributed by atoms with Crippen LogP contribution in [0.5, 0.6) is 5.75 Å². The molecule has 1 N–H and O–H groups in total. The van der Waals surface area contributed by atoms with Crippen LogP contribution in [0.25, 0.3) is 0 Å². The number of aromatic nitrogens is 2. The Bertz CT molecular complexity index is 556. The molecule has 0 aliphatic carbocycles. The fraction of sp³-hybridized carbons (Fsp3) is 0.333. The lowest BCUT2D eigenvalue weighted by Gasteiger charge is -2.08. The molecule has 3 rings (SSSR count). The van der Waals surface area contributed by atoms with Gasteiger partial charge >= 0.3 is 6.01 Å². The number of anilines is 1. The van der Waals surface area contributed by atoms with Crippen LogP contribution in [0.1, 0.15) is 29.8 Å². The van der Waals surface area contributed by atoms with Gasteiger partial charge in [0.2, 0.25) is 5.89 Å². The highest BCUT2D eigenvalue weighted by atomic mass is 35.5. The average molecular weight is 266 g/mol. The topological polar surface area (TPSA) is 60.2 Å². The van der Waals surface area contributed by atoms with Crippen molar-refractivity contribution < 1.29 is 9.15 Å². The molecule has 2 heterocycles. The molecule has 5 nitrogen and oxygen atoms in total. The first-order valence-electron chi connectivity index (χ1n) is 5.70. The number of halogens is 1. The first kappa shape index (κ1) is 11.3. The molecule has 0 bridgehead atoms. The predicted octanol–water partition coefficient (Wildman–Crippen LogP) is 2.92. The van der Waals surface area contributed by atoms with Crippen molar-refractivity contribution in [3.05, 3.63) is 35.7 Å². The maximum Gasteiger partial charge on any atom is 0.316 e. The zero-order valence-electron chi connectivity index (χ0n) is 9.76. The Hall–Kier alpha value is -1.75. The molecule has 0 fully saturated rings. The van der Waals surface area contributed by atoms with E-state index in [-0.39, 0.29) is 11.4 Å². The molecule has 1 aromatic carbocycles. The van der Waals surface area contributed by atoms with E-state index in [1.807, 2.05) is 24.3 Å². The summed E-state index contributed by atoms with van der Waals surface area (Å²) >= 11 is 5.87. The van der Waals surface area contributed by atoms with Crippen molar-refractivity contribution in [2.45, 2.75) is 18.3 Å². The van der Waals surface area contributed by atoms with E-state index in [4.69, 9.17) is 20.8 Å². The van der Waals surface area contributed by atoms with E-state index in [0.717, 1.165) is 11.3 Å². The third-order valence-electron chi connectivity index (χ3n) is 2.78. The van der Waals surface area contributed by atoms with Gasteiger partial charge in [0.25, 0.3) is 0 Å². The lowest BCUT2D eigenvalue weighted by molar-refractivity contribution is 0.337. The maximum absolute atomic E-state index is 5.87. The minimum atomic E-state index is -0.292. The van der Waals surface area contributed by atoms with Crippen molar-refractivity contribution in [2.75, 3.05) is 11.9 Å². The summed E-state index contributed by atoms with van der Waals surface area (Å²) in [6, 6.07) is 8.27. The Labute approximate surface area is 109 Å². The second-order valence-corrected chi connectivity index (χ2v) is 4.76. The van der Waals surface area contributed by atoms with Gasteiger partial charge in [-0.2, -0.15) is 0 Å². The fourth-order valence-corrected chi connectivity index (χ4v) is 1.97. The number of nitrogens with one attached hydrogen (secondary N) is 1. The standard InChI is InChI=1S/C12H12ClN3O2/c1-7(13)11-15-16-12(18-11)14-9-6-17-10-5-3-2-4-8(9)10/h2-5,7,9H,6H2,1H3,(H,14,16). The van der Waals surface area contributed by atoms with Gasteiger partial charge in [0, 0.05) is 5.56 Å². The van der Waals surface area contributed by atoms with Crippen molar-refractivity contribution in [1.82, 2.24) is 10.2 Å². The van der Waals surface area contributed by atoms with Gasteiger partial charge in [-0.05, 0) is 13.0 Å². The third-order valence-corrected chi connectivity index (χ3v) is 2.97. The molecule has 2 unspecified atom stereocenters. The summed E-state index contributed by atoms with van der Waals surface area (Å²) in [5, 5.41) is 10.6. The quantitative estimate of drug-likeness (QED) is 0.865. The number of ether oxygens (including phenoxy) is 1. The molecule has 2 atom stereocenters. The van der Waals surface area contributed by atoms with Crippen LogP contribution >= 0.6 is 11.6 Å². The van der Waals surface area contributed by atoms with Crippen LogP contribution in [-0.4, -0.2) is 16.8 Å². The monoisotopic (exact) mass is 265 g/mol. The molecule has 0 saturated carbocycles. The molecule has 6 heteroatoms. The minimum absolute atomic E-state index is 0.0279. The Morgan fingerprint density at radius 1 is 1.39 bits per heavy atom. The number of hydrogen-bond donors (Lipinski definition) is 1. The zero-order chi connectivity index (χ0) is 12.5. The molecule has 1 aromatic heterocycles. The summed E-state index contributed by atoms with van der Waals surface area (Å²) in [6.07, 6.45) is 0. The molecule has 0 saturated heterocycles. The maximum atomic E-state index is 5.87. The summed E-state index contributed by atoms with van der Waals surface area (Å²) in [5.41, 5.74) is 1.09. The molecule has 0 amide bonds. The van der Waals surface area contributed by atoms with E-state index < -0.39 is 0 Å². The second-order valence-electron chi connectivity index (χ2n) is 4.11. The number of alkyl halides is 1. The van der Waals surface area contributed by atoms with Gasteiger partial charge < -0.3 is 14.5 Å². The first-order valence-corrected chi connectivity index (χ1v) is 6.13. The van der Waals surface area contributed by atoms with Crippen LogP contribution in [0, 0.1) is 0 Å². The molecular formula is C12H12ClN3O2. The lowest BCUT2D eigenvalue weighted by Crippen LogP contribution is -2.12. The zero-order valence-corrected chi connectivity index (χ0v) is 10.5. The van der Waals surface area contributed by atoms with E-state index >= 15 is 0 Å². The van der Waals surface area contributed by atoms with Gasteiger partial charge in [-0.25, -0.2) is 0 Å². The van der Waals surface area contributed by atoms with Crippen molar-refractivity contribution in [3.63, 3.8) is 0 Å². The Balaban J connectivity index is 1.78. The van der Waals surface area contributed by atoms with E-state index in [1.54, 1.807) is 6.92 Å². The average Bonchev–Trinajstić information content (AvgIpc) is 2.98. The van der Waals surface area contributed by atoms with E-state index in [0.29, 0.717) is 18.5 Å². The number of nitrogens with zero attached hydrogens (tertiary/aromatic N) is 2. The number of hydrogen-bond acceptors (Lipinski definition) is 5. The number of rotatable bonds is 3. The van der Waals surface area contributed by atoms with E-state index in [9.17, 15) is 0 Å². The van der Waals surface area contributed by atoms with Crippen LogP contribution in [0.2, 0.25) is 0 Å². The van der Waals surface area contributed by atoms with Gasteiger partial charge in [0.05, 0.1) is 6.04 Å². The smallest absolute Gasteiger partial charge is 0.316 e. The third kappa shape index (κ3) is 2.01. The van der Waals surface area contributed by atoms with Crippen LogP contribution in [0.3, 0.4) is 0 Å². The fourth-order valence-electron chi connectivity index (χ4n) is 1.88.